The molecule has 0 saturated heterocycles. The SMILES string of the molecule is O=C(C(Cc1cccnc1)c1ccc(F)cc1)N1CCc2ccccc2C1. The zero-order valence-electron chi connectivity index (χ0n) is 15.0. The van der Waals surface area contributed by atoms with Gasteiger partial charge in [-0.2, -0.15) is 0 Å². The molecular formula is C23H21FN2O. The number of rotatable bonds is 4. The number of amides is 1. The fourth-order valence-corrected chi connectivity index (χ4v) is 3.70. The first-order valence-corrected chi connectivity index (χ1v) is 9.20. The Morgan fingerprint density at radius 2 is 1.81 bits per heavy atom. The van der Waals surface area contributed by atoms with Crippen LogP contribution < -0.4 is 0 Å². The Morgan fingerprint density at radius 3 is 2.56 bits per heavy atom. The van der Waals surface area contributed by atoms with E-state index in [0.29, 0.717) is 19.5 Å². The molecule has 4 heteroatoms. The highest BCUT2D eigenvalue weighted by Gasteiger charge is 2.28. The summed E-state index contributed by atoms with van der Waals surface area (Å²) in [6.45, 7) is 1.33. The van der Waals surface area contributed by atoms with E-state index in [4.69, 9.17) is 0 Å². The van der Waals surface area contributed by atoms with Crippen LogP contribution in [0.5, 0.6) is 0 Å². The minimum atomic E-state index is -0.347. The molecule has 2 heterocycles. The molecule has 1 atom stereocenters. The molecule has 1 aliphatic rings. The predicted molar refractivity (Wildman–Crippen MR) is 103 cm³/mol. The number of hydrogen-bond donors (Lipinski definition) is 0. The van der Waals surface area contributed by atoms with Crippen LogP contribution >= 0.6 is 0 Å². The summed E-state index contributed by atoms with van der Waals surface area (Å²) in [6.07, 6.45) is 4.93. The molecule has 1 unspecified atom stereocenters. The third-order valence-electron chi connectivity index (χ3n) is 5.18. The molecule has 0 saturated carbocycles. The molecule has 0 bridgehead atoms. The Labute approximate surface area is 158 Å². The molecule has 2 aromatic carbocycles. The number of fused-ring (bicyclic) bond motifs is 1. The zero-order valence-corrected chi connectivity index (χ0v) is 15.0. The van der Waals surface area contributed by atoms with Crippen LogP contribution in [0.3, 0.4) is 0 Å². The van der Waals surface area contributed by atoms with Gasteiger partial charge >= 0.3 is 0 Å². The van der Waals surface area contributed by atoms with Crippen molar-refractivity contribution in [2.75, 3.05) is 6.54 Å². The largest absolute Gasteiger partial charge is 0.337 e. The smallest absolute Gasteiger partial charge is 0.230 e. The van der Waals surface area contributed by atoms with E-state index in [1.165, 1.54) is 23.3 Å². The fourth-order valence-electron chi connectivity index (χ4n) is 3.70. The van der Waals surface area contributed by atoms with Crippen molar-refractivity contribution >= 4 is 5.91 Å². The molecule has 0 radical (unpaired) electrons. The van der Waals surface area contributed by atoms with Crippen molar-refractivity contribution in [3.8, 4) is 0 Å². The van der Waals surface area contributed by atoms with Gasteiger partial charge in [0.05, 0.1) is 5.92 Å². The van der Waals surface area contributed by atoms with Gasteiger partial charge in [-0.3, -0.25) is 9.78 Å². The molecule has 136 valence electrons. The maximum Gasteiger partial charge on any atom is 0.230 e. The third-order valence-corrected chi connectivity index (χ3v) is 5.18. The van der Waals surface area contributed by atoms with Gasteiger partial charge in [-0.25, -0.2) is 4.39 Å². The van der Waals surface area contributed by atoms with Gasteiger partial charge in [-0.05, 0) is 53.3 Å². The molecule has 27 heavy (non-hydrogen) atoms. The quantitative estimate of drug-likeness (QED) is 0.701. The topological polar surface area (TPSA) is 33.2 Å². The number of aromatic nitrogens is 1. The standard InChI is InChI=1S/C23H21FN2O/c24-21-9-7-19(8-10-21)22(14-17-4-3-12-25-15-17)23(27)26-13-11-18-5-1-2-6-20(18)16-26/h1-10,12,15,22H,11,13-14,16H2. The molecule has 0 aliphatic carbocycles. The monoisotopic (exact) mass is 360 g/mol. The molecule has 3 nitrogen and oxygen atoms in total. The molecular weight excluding hydrogens is 339 g/mol. The first-order chi connectivity index (χ1) is 13.2. The highest BCUT2D eigenvalue weighted by molar-refractivity contribution is 5.84. The van der Waals surface area contributed by atoms with E-state index in [1.807, 2.05) is 29.2 Å². The Balaban J connectivity index is 1.61. The van der Waals surface area contributed by atoms with Crippen LogP contribution in [-0.4, -0.2) is 22.3 Å². The number of nitrogens with zero attached hydrogens (tertiary/aromatic N) is 2. The van der Waals surface area contributed by atoms with Crippen molar-refractivity contribution < 1.29 is 9.18 Å². The molecule has 3 aromatic rings. The number of halogens is 1. The van der Waals surface area contributed by atoms with Gasteiger partial charge in [0, 0.05) is 25.5 Å². The van der Waals surface area contributed by atoms with Crippen molar-refractivity contribution in [2.45, 2.75) is 25.3 Å². The van der Waals surface area contributed by atoms with E-state index < -0.39 is 0 Å². The summed E-state index contributed by atoms with van der Waals surface area (Å²) in [4.78, 5) is 19.5. The van der Waals surface area contributed by atoms with E-state index in [9.17, 15) is 9.18 Å². The van der Waals surface area contributed by atoms with Crippen LogP contribution in [0, 0.1) is 5.82 Å². The van der Waals surface area contributed by atoms with Crippen molar-refractivity contribution in [1.29, 1.82) is 0 Å². The number of hydrogen-bond acceptors (Lipinski definition) is 2. The summed E-state index contributed by atoms with van der Waals surface area (Å²) in [5.41, 5.74) is 4.35. The second-order valence-corrected chi connectivity index (χ2v) is 6.95. The van der Waals surface area contributed by atoms with E-state index >= 15 is 0 Å². The van der Waals surface area contributed by atoms with Gasteiger partial charge in [0.2, 0.25) is 5.91 Å². The van der Waals surface area contributed by atoms with Gasteiger partial charge in [0.1, 0.15) is 5.82 Å². The second kappa shape index (κ2) is 7.70. The zero-order chi connectivity index (χ0) is 18.6. The maximum absolute atomic E-state index is 13.4. The Morgan fingerprint density at radius 1 is 1.04 bits per heavy atom. The average molecular weight is 360 g/mol. The Kier molecular flexibility index (Phi) is 4.97. The molecule has 4 rings (SSSR count). The lowest BCUT2D eigenvalue weighted by atomic mass is 9.90. The van der Waals surface area contributed by atoms with Crippen LogP contribution in [-0.2, 0) is 24.2 Å². The first-order valence-electron chi connectivity index (χ1n) is 9.20. The summed E-state index contributed by atoms with van der Waals surface area (Å²) in [5.74, 6) is -0.557. The first kappa shape index (κ1) is 17.4. The van der Waals surface area contributed by atoms with Gasteiger partial charge in [0.25, 0.3) is 0 Å². The van der Waals surface area contributed by atoms with Gasteiger partial charge in [-0.1, -0.05) is 42.5 Å². The van der Waals surface area contributed by atoms with Crippen LogP contribution in [0.2, 0.25) is 0 Å². The van der Waals surface area contributed by atoms with E-state index in [2.05, 4.69) is 17.1 Å². The van der Waals surface area contributed by atoms with Gasteiger partial charge in [0.15, 0.2) is 0 Å². The minimum absolute atomic E-state index is 0.0833. The summed E-state index contributed by atoms with van der Waals surface area (Å²) in [5, 5.41) is 0. The lowest BCUT2D eigenvalue weighted by Crippen LogP contribution is -2.39. The Bertz CT molecular complexity index is 925. The predicted octanol–water partition coefficient (Wildman–Crippen LogP) is 4.13. The van der Waals surface area contributed by atoms with Crippen molar-refractivity contribution in [3.05, 3.63) is 101 Å². The summed E-state index contributed by atoms with van der Waals surface area (Å²) >= 11 is 0. The van der Waals surface area contributed by atoms with Crippen LogP contribution in [0.25, 0.3) is 0 Å². The third kappa shape index (κ3) is 3.90. The molecule has 0 fully saturated rings. The van der Waals surface area contributed by atoms with E-state index in [0.717, 1.165) is 17.5 Å². The minimum Gasteiger partial charge on any atom is -0.337 e. The number of carbonyl (C=O) groups is 1. The molecule has 0 N–H and O–H groups in total. The summed E-state index contributed by atoms with van der Waals surface area (Å²) < 4.78 is 13.4. The van der Waals surface area contributed by atoms with Crippen LogP contribution in [0.1, 0.15) is 28.2 Å². The fraction of sp³-hybridized carbons (Fsp3) is 0.217. The van der Waals surface area contributed by atoms with Crippen molar-refractivity contribution in [1.82, 2.24) is 9.88 Å². The number of benzene rings is 2. The lowest BCUT2D eigenvalue weighted by molar-refractivity contribution is -0.133. The van der Waals surface area contributed by atoms with Crippen LogP contribution in [0.4, 0.5) is 4.39 Å². The number of pyridine rings is 1. The van der Waals surface area contributed by atoms with Crippen molar-refractivity contribution in [3.63, 3.8) is 0 Å². The van der Waals surface area contributed by atoms with E-state index in [1.54, 1.807) is 24.5 Å². The summed E-state index contributed by atoms with van der Waals surface area (Å²) in [7, 11) is 0. The number of carbonyl (C=O) groups excluding carboxylic acids is 1. The average Bonchev–Trinajstić information content (AvgIpc) is 2.73. The van der Waals surface area contributed by atoms with Crippen LogP contribution in [0.15, 0.2) is 73.1 Å². The highest BCUT2D eigenvalue weighted by Crippen LogP contribution is 2.27. The normalized spacial score (nSPS) is 14.5. The lowest BCUT2D eigenvalue weighted by Gasteiger charge is -2.32. The van der Waals surface area contributed by atoms with Gasteiger partial charge < -0.3 is 4.90 Å². The molecule has 1 aliphatic heterocycles. The van der Waals surface area contributed by atoms with E-state index in [-0.39, 0.29) is 17.6 Å². The second-order valence-electron chi connectivity index (χ2n) is 6.95. The highest BCUT2D eigenvalue weighted by atomic mass is 19.1. The summed E-state index contributed by atoms with van der Waals surface area (Å²) in [6, 6.07) is 18.4. The van der Waals surface area contributed by atoms with Crippen molar-refractivity contribution in [2.24, 2.45) is 0 Å². The molecule has 1 amide bonds. The Hall–Kier alpha value is -3.01. The maximum atomic E-state index is 13.4. The van der Waals surface area contributed by atoms with Gasteiger partial charge in [-0.15, -0.1) is 0 Å². The molecule has 0 spiro atoms. The molecule has 1 aromatic heterocycles.